The van der Waals surface area contributed by atoms with Crippen molar-refractivity contribution in [3.8, 4) is 5.75 Å². The molecular weight excluding hydrogens is 244 g/mol. The van der Waals surface area contributed by atoms with Crippen LogP contribution in [-0.4, -0.2) is 24.8 Å². The van der Waals surface area contributed by atoms with Crippen LogP contribution in [0.4, 0.5) is 0 Å². The Morgan fingerprint density at radius 1 is 1.42 bits per heavy atom. The van der Waals surface area contributed by atoms with Crippen molar-refractivity contribution in [2.45, 2.75) is 32.8 Å². The maximum absolute atomic E-state index is 10.7. The molecule has 1 saturated carbocycles. The van der Waals surface area contributed by atoms with Crippen LogP contribution in [0.3, 0.4) is 0 Å². The van der Waals surface area contributed by atoms with E-state index in [1.165, 1.54) is 0 Å². The van der Waals surface area contributed by atoms with Crippen LogP contribution in [0.25, 0.3) is 0 Å². The topological polar surface area (TPSA) is 55.8 Å². The molecule has 0 amide bonds. The van der Waals surface area contributed by atoms with Gasteiger partial charge in [0.05, 0.1) is 13.2 Å². The van der Waals surface area contributed by atoms with Crippen LogP contribution < -0.4 is 4.74 Å². The lowest BCUT2D eigenvalue weighted by molar-refractivity contribution is -0.145. The zero-order valence-corrected chi connectivity index (χ0v) is 11.6. The van der Waals surface area contributed by atoms with E-state index in [1.807, 2.05) is 19.9 Å². The third kappa shape index (κ3) is 3.26. The van der Waals surface area contributed by atoms with Gasteiger partial charge in [0.25, 0.3) is 0 Å². The number of aryl methyl sites for hydroxylation is 2. The van der Waals surface area contributed by atoms with Crippen molar-refractivity contribution in [3.63, 3.8) is 0 Å². The van der Waals surface area contributed by atoms with Gasteiger partial charge < -0.3 is 14.6 Å². The molecular formula is C15H20O4. The van der Waals surface area contributed by atoms with Crippen molar-refractivity contribution in [2.24, 2.45) is 5.92 Å². The van der Waals surface area contributed by atoms with Gasteiger partial charge in [-0.3, -0.25) is 0 Å². The lowest BCUT2D eigenvalue weighted by Crippen LogP contribution is -2.15. The second kappa shape index (κ2) is 5.61. The van der Waals surface area contributed by atoms with Gasteiger partial charge in [0.1, 0.15) is 12.4 Å². The summed E-state index contributed by atoms with van der Waals surface area (Å²) in [7, 11) is 1.64. The number of methoxy groups -OCH3 is 1. The molecule has 1 fully saturated rings. The minimum atomic E-state index is -0.936. The maximum atomic E-state index is 10.7. The first kappa shape index (κ1) is 13.9. The molecule has 1 aromatic carbocycles. The first-order chi connectivity index (χ1) is 9.02. The molecule has 1 atom stereocenters. The number of rotatable bonds is 6. The van der Waals surface area contributed by atoms with E-state index in [9.17, 15) is 4.79 Å². The summed E-state index contributed by atoms with van der Waals surface area (Å²) in [5.74, 6) is 0.267. The molecule has 1 unspecified atom stereocenters. The summed E-state index contributed by atoms with van der Waals surface area (Å²) >= 11 is 0. The molecule has 1 aromatic rings. The summed E-state index contributed by atoms with van der Waals surface area (Å²) in [6.45, 7) is 3.77. The van der Waals surface area contributed by atoms with Crippen LogP contribution in [0.5, 0.6) is 5.75 Å². The zero-order valence-electron chi connectivity index (χ0n) is 11.6. The van der Waals surface area contributed by atoms with Gasteiger partial charge in [0.15, 0.2) is 0 Å². The number of benzene rings is 1. The highest BCUT2D eigenvalue weighted by atomic mass is 16.5. The molecule has 0 bridgehead atoms. The maximum Gasteiger partial charge on any atom is 0.329 e. The Balaban J connectivity index is 2.32. The molecule has 2 rings (SSSR count). The van der Waals surface area contributed by atoms with Gasteiger partial charge in [-0.2, -0.15) is 0 Å². The quantitative estimate of drug-likeness (QED) is 0.858. The largest absolute Gasteiger partial charge is 0.496 e. The fraction of sp³-hybridized carbons (Fsp3) is 0.533. The predicted molar refractivity (Wildman–Crippen MR) is 71.5 cm³/mol. The fourth-order valence-corrected chi connectivity index (χ4v) is 2.49. The Kier molecular flexibility index (Phi) is 4.10. The molecule has 0 aromatic heterocycles. The molecule has 19 heavy (non-hydrogen) atoms. The smallest absolute Gasteiger partial charge is 0.329 e. The first-order valence-corrected chi connectivity index (χ1v) is 6.51. The molecule has 0 heterocycles. The molecule has 1 aliphatic rings. The van der Waals surface area contributed by atoms with E-state index in [2.05, 4.69) is 6.07 Å². The van der Waals surface area contributed by atoms with Crippen LogP contribution in [-0.2, 0) is 9.53 Å². The average molecular weight is 264 g/mol. The Hall–Kier alpha value is -1.55. The normalized spacial score (nSPS) is 16.2. The van der Waals surface area contributed by atoms with Gasteiger partial charge in [-0.1, -0.05) is 6.07 Å². The van der Waals surface area contributed by atoms with Crippen LogP contribution in [0, 0.1) is 19.8 Å². The summed E-state index contributed by atoms with van der Waals surface area (Å²) in [6, 6.07) is 4.05. The molecule has 4 nitrogen and oxygen atoms in total. The van der Waals surface area contributed by atoms with E-state index >= 15 is 0 Å². The van der Waals surface area contributed by atoms with E-state index in [4.69, 9.17) is 14.6 Å². The Labute approximate surface area is 113 Å². The molecule has 0 saturated heterocycles. The monoisotopic (exact) mass is 264 g/mol. The number of hydrogen-bond donors (Lipinski definition) is 1. The van der Waals surface area contributed by atoms with E-state index < -0.39 is 5.97 Å². The number of hydrogen-bond acceptors (Lipinski definition) is 3. The third-order valence-corrected chi connectivity index (χ3v) is 3.43. The molecule has 0 spiro atoms. The first-order valence-electron chi connectivity index (χ1n) is 6.51. The third-order valence-electron chi connectivity index (χ3n) is 3.43. The summed E-state index contributed by atoms with van der Waals surface area (Å²) < 4.78 is 11.0. The van der Waals surface area contributed by atoms with Gasteiger partial charge >= 0.3 is 5.97 Å². The summed E-state index contributed by atoms with van der Waals surface area (Å²) in [6.07, 6.45) is 1.99. The number of ether oxygens (including phenoxy) is 2. The van der Waals surface area contributed by atoms with Crippen molar-refractivity contribution in [1.82, 2.24) is 0 Å². The van der Waals surface area contributed by atoms with Gasteiger partial charge in [-0.15, -0.1) is 0 Å². The fourth-order valence-electron chi connectivity index (χ4n) is 2.49. The van der Waals surface area contributed by atoms with Crippen molar-refractivity contribution in [2.75, 3.05) is 13.7 Å². The summed E-state index contributed by atoms with van der Waals surface area (Å²) in [5, 5.41) is 8.80. The minimum Gasteiger partial charge on any atom is -0.496 e. The predicted octanol–water partition coefficient (Wildman–Crippen LogP) is 2.86. The second-order valence-corrected chi connectivity index (χ2v) is 5.16. The number of carboxylic acids is 1. The van der Waals surface area contributed by atoms with Gasteiger partial charge in [0.2, 0.25) is 0 Å². The Morgan fingerprint density at radius 3 is 2.63 bits per heavy atom. The molecule has 104 valence electrons. The van der Waals surface area contributed by atoms with Crippen molar-refractivity contribution >= 4 is 5.97 Å². The Morgan fingerprint density at radius 2 is 2.11 bits per heavy atom. The van der Waals surface area contributed by atoms with E-state index in [0.29, 0.717) is 5.92 Å². The molecule has 0 radical (unpaired) electrons. The SMILES string of the molecule is COc1cc(C)cc(C)c1C(OCC(=O)O)C1CC1. The van der Waals surface area contributed by atoms with Crippen LogP contribution >= 0.6 is 0 Å². The van der Waals surface area contributed by atoms with Gasteiger partial charge in [-0.25, -0.2) is 4.79 Å². The second-order valence-electron chi connectivity index (χ2n) is 5.16. The minimum absolute atomic E-state index is 0.174. The standard InChI is InChI=1S/C15H20O4/c1-9-6-10(2)14(12(7-9)18-3)15(11-4-5-11)19-8-13(16)17/h6-7,11,15H,4-5,8H2,1-3H3,(H,16,17). The van der Waals surface area contributed by atoms with E-state index in [1.54, 1.807) is 7.11 Å². The number of carbonyl (C=O) groups is 1. The van der Waals surface area contributed by atoms with Crippen LogP contribution in [0.15, 0.2) is 12.1 Å². The number of carboxylic acid groups (broad SMARTS) is 1. The van der Waals surface area contributed by atoms with E-state index in [-0.39, 0.29) is 12.7 Å². The van der Waals surface area contributed by atoms with Crippen LogP contribution in [0.1, 0.15) is 35.6 Å². The zero-order chi connectivity index (χ0) is 14.0. The van der Waals surface area contributed by atoms with Gasteiger partial charge in [0, 0.05) is 5.56 Å². The van der Waals surface area contributed by atoms with Crippen LogP contribution in [0.2, 0.25) is 0 Å². The number of aliphatic carboxylic acids is 1. The lowest BCUT2D eigenvalue weighted by Gasteiger charge is -2.22. The van der Waals surface area contributed by atoms with Crippen molar-refractivity contribution in [1.29, 1.82) is 0 Å². The lowest BCUT2D eigenvalue weighted by atomic mass is 9.96. The van der Waals surface area contributed by atoms with Gasteiger partial charge in [-0.05, 0) is 49.8 Å². The highest BCUT2D eigenvalue weighted by molar-refractivity contribution is 5.68. The van der Waals surface area contributed by atoms with Crippen molar-refractivity contribution in [3.05, 3.63) is 28.8 Å². The van der Waals surface area contributed by atoms with Crippen molar-refractivity contribution < 1.29 is 19.4 Å². The Bertz CT molecular complexity index is 477. The molecule has 4 heteroatoms. The van der Waals surface area contributed by atoms with E-state index in [0.717, 1.165) is 35.3 Å². The summed E-state index contributed by atoms with van der Waals surface area (Å²) in [4.78, 5) is 10.7. The molecule has 1 aliphatic carbocycles. The average Bonchev–Trinajstić information content (AvgIpc) is 3.15. The highest BCUT2D eigenvalue weighted by Gasteiger charge is 2.36. The highest BCUT2D eigenvalue weighted by Crippen LogP contribution is 2.47. The summed E-state index contributed by atoms with van der Waals surface area (Å²) in [5.41, 5.74) is 3.22. The molecule has 1 N–H and O–H groups in total. The molecule has 0 aliphatic heterocycles.